The number of fused-ring (bicyclic) bond motifs is 6. The van der Waals surface area contributed by atoms with Crippen LogP contribution in [0.1, 0.15) is 38.1 Å². The monoisotopic (exact) mass is 438 g/mol. The van der Waals surface area contributed by atoms with E-state index in [1.165, 1.54) is 11.3 Å². The highest BCUT2D eigenvalue weighted by molar-refractivity contribution is 7.07. The highest BCUT2D eigenvalue weighted by Crippen LogP contribution is 2.47. The molecule has 2 aromatic heterocycles. The van der Waals surface area contributed by atoms with Gasteiger partial charge in [-0.05, 0) is 39.0 Å². The first-order valence-corrected chi connectivity index (χ1v) is 11.1. The van der Waals surface area contributed by atoms with E-state index < -0.39 is 23.7 Å². The Bertz CT molecular complexity index is 1350. The highest BCUT2D eigenvalue weighted by atomic mass is 32.1. The summed E-state index contributed by atoms with van der Waals surface area (Å²) < 4.78 is 15.5. The van der Waals surface area contributed by atoms with Crippen molar-refractivity contribution in [3.8, 4) is 5.75 Å². The van der Waals surface area contributed by atoms with Crippen molar-refractivity contribution in [2.45, 2.75) is 39.1 Å². The van der Waals surface area contributed by atoms with E-state index in [-0.39, 0.29) is 12.2 Å². The van der Waals surface area contributed by atoms with Crippen LogP contribution in [0.2, 0.25) is 0 Å². The molecule has 2 aliphatic heterocycles. The topological polar surface area (TPSA) is 87.7 Å². The smallest absolute Gasteiger partial charge is 0.317 e. The summed E-state index contributed by atoms with van der Waals surface area (Å²) >= 11 is 1.28. The molecule has 0 fully saturated rings. The third-order valence-electron chi connectivity index (χ3n) is 5.68. The van der Waals surface area contributed by atoms with E-state index >= 15 is 0 Å². The fourth-order valence-corrected chi connectivity index (χ4v) is 5.38. The van der Waals surface area contributed by atoms with Gasteiger partial charge in [0.25, 0.3) is 5.56 Å². The first kappa shape index (κ1) is 19.7. The van der Waals surface area contributed by atoms with Crippen LogP contribution in [0.5, 0.6) is 5.75 Å². The lowest BCUT2D eigenvalue weighted by Gasteiger charge is -2.44. The van der Waals surface area contributed by atoms with Crippen molar-refractivity contribution in [1.29, 1.82) is 0 Å². The van der Waals surface area contributed by atoms with E-state index in [1.807, 2.05) is 43.5 Å². The Morgan fingerprint density at radius 1 is 1.32 bits per heavy atom. The summed E-state index contributed by atoms with van der Waals surface area (Å²) in [5, 5.41) is 4.45. The van der Waals surface area contributed by atoms with E-state index in [0.29, 0.717) is 20.8 Å². The number of hydrogen-bond donors (Lipinski definition) is 0. The summed E-state index contributed by atoms with van der Waals surface area (Å²) in [6.45, 7) is 6.53. The largest absolute Gasteiger partial charge is 0.466 e. The predicted molar refractivity (Wildman–Crippen MR) is 115 cm³/mol. The lowest BCUT2D eigenvalue weighted by Crippen LogP contribution is -2.58. The number of ether oxygens (including phenoxy) is 2. The predicted octanol–water partition coefficient (Wildman–Crippen LogP) is 1.47. The quantitative estimate of drug-likeness (QED) is 0.576. The summed E-state index contributed by atoms with van der Waals surface area (Å²) in [5.41, 5.74) is 0.110. The molecule has 1 aromatic carbocycles. The van der Waals surface area contributed by atoms with Crippen molar-refractivity contribution in [3.05, 3.63) is 67.5 Å². The number of carbonyl (C=O) groups excluding carboxylic acids is 1. The van der Waals surface area contributed by atoms with Gasteiger partial charge in [0.05, 0.1) is 22.9 Å². The highest BCUT2D eigenvalue weighted by Gasteiger charge is 2.55. The lowest BCUT2D eigenvalue weighted by atomic mass is 9.81. The summed E-state index contributed by atoms with van der Waals surface area (Å²) in [4.78, 5) is 31.7. The van der Waals surface area contributed by atoms with Crippen LogP contribution in [-0.2, 0) is 16.1 Å². The summed E-state index contributed by atoms with van der Waals surface area (Å²) in [6.07, 6.45) is 3.63. The number of hydrogen-bond acceptors (Lipinski definition) is 7. The number of thiazole rings is 1. The van der Waals surface area contributed by atoms with Crippen molar-refractivity contribution in [2.75, 3.05) is 6.61 Å². The minimum absolute atomic E-state index is 0.201. The Hall–Kier alpha value is -3.20. The van der Waals surface area contributed by atoms with Gasteiger partial charge in [-0.3, -0.25) is 18.8 Å². The average molecular weight is 439 g/mol. The molecule has 0 radical (unpaired) electrons. The molecule has 4 heterocycles. The summed E-state index contributed by atoms with van der Waals surface area (Å²) in [6, 6.07) is 8.77. The van der Waals surface area contributed by atoms with Crippen LogP contribution in [0, 0.1) is 5.92 Å². The molecule has 5 rings (SSSR count). The molecule has 0 amide bonds. The van der Waals surface area contributed by atoms with Gasteiger partial charge in [-0.1, -0.05) is 29.5 Å². The number of esters is 1. The first-order valence-electron chi connectivity index (χ1n) is 10.3. The Labute approximate surface area is 182 Å². The third kappa shape index (κ3) is 3.03. The van der Waals surface area contributed by atoms with Gasteiger partial charge in [-0.2, -0.15) is 5.10 Å². The maximum atomic E-state index is 13.5. The van der Waals surface area contributed by atoms with Crippen molar-refractivity contribution in [2.24, 2.45) is 10.9 Å². The number of benzene rings is 1. The summed E-state index contributed by atoms with van der Waals surface area (Å²) in [5.74, 6) is -0.575. The van der Waals surface area contributed by atoms with E-state index in [1.54, 1.807) is 29.2 Å². The number of aryl methyl sites for hydroxylation is 1. The molecule has 0 saturated carbocycles. The van der Waals surface area contributed by atoms with Crippen molar-refractivity contribution in [3.63, 3.8) is 0 Å². The molecule has 0 saturated heterocycles. The molecule has 160 valence electrons. The fraction of sp³-hybridized carbons (Fsp3) is 0.364. The van der Waals surface area contributed by atoms with Gasteiger partial charge < -0.3 is 9.47 Å². The zero-order chi connectivity index (χ0) is 21.8. The number of carbonyl (C=O) groups is 1. The molecular formula is C22H22N4O4S. The molecule has 3 aromatic rings. The van der Waals surface area contributed by atoms with Gasteiger partial charge in [0.1, 0.15) is 11.7 Å². The maximum absolute atomic E-state index is 13.5. The Balaban J connectivity index is 1.75. The van der Waals surface area contributed by atoms with Crippen LogP contribution in [0.15, 0.2) is 46.3 Å². The van der Waals surface area contributed by atoms with E-state index in [0.717, 1.165) is 12.1 Å². The molecule has 2 bridgehead atoms. The Morgan fingerprint density at radius 2 is 2.13 bits per heavy atom. The van der Waals surface area contributed by atoms with Crippen molar-refractivity contribution in [1.82, 2.24) is 14.3 Å². The molecule has 2 aliphatic rings. The van der Waals surface area contributed by atoms with Crippen LogP contribution in [0.25, 0.3) is 6.08 Å². The minimum atomic E-state index is -1.16. The zero-order valence-electron chi connectivity index (χ0n) is 17.4. The molecule has 0 spiro atoms. The van der Waals surface area contributed by atoms with E-state index in [9.17, 15) is 9.59 Å². The molecule has 31 heavy (non-hydrogen) atoms. The Kier molecular flexibility index (Phi) is 4.58. The SMILES string of the molecule is CCOC(=O)[C@H]1[C@@H]2c3ccccc3O[C@]1(C)N=c1s/c(=C/c3ccn(CC)n3)c(=O)n12. The van der Waals surface area contributed by atoms with Crippen LogP contribution in [-0.4, -0.2) is 32.6 Å². The fourth-order valence-electron chi connectivity index (χ4n) is 4.30. The van der Waals surface area contributed by atoms with Gasteiger partial charge >= 0.3 is 5.97 Å². The maximum Gasteiger partial charge on any atom is 0.317 e. The van der Waals surface area contributed by atoms with Gasteiger partial charge in [-0.25, -0.2) is 4.99 Å². The summed E-state index contributed by atoms with van der Waals surface area (Å²) in [7, 11) is 0. The third-order valence-corrected chi connectivity index (χ3v) is 6.67. The van der Waals surface area contributed by atoms with Crippen LogP contribution >= 0.6 is 11.3 Å². The standard InChI is InChI=1S/C22H22N4O4S/c1-4-25-11-10-13(24-25)12-16-19(27)26-18-14-8-6-7-9-15(14)30-22(3,23-21(26)31-16)17(18)20(28)29-5-2/h6-12,17-18H,4-5H2,1-3H3/b16-12+/t17-,18+,22+/m1/s1. The number of aromatic nitrogens is 3. The van der Waals surface area contributed by atoms with Crippen LogP contribution in [0.3, 0.4) is 0 Å². The zero-order valence-corrected chi connectivity index (χ0v) is 18.3. The van der Waals surface area contributed by atoms with Crippen molar-refractivity contribution < 1.29 is 14.3 Å². The lowest BCUT2D eigenvalue weighted by molar-refractivity contribution is -0.160. The molecule has 0 aliphatic carbocycles. The number of para-hydroxylation sites is 1. The van der Waals surface area contributed by atoms with E-state index in [4.69, 9.17) is 14.5 Å². The molecule has 3 atom stereocenters. The van der Waals surface area contributed by atoms with Gasteiger partial charge in [0.15, 0.2) is 4.80 Å². The van der Waals surface area contributed by atoms with Gasteiger partial charge in [0, 0.05) is 18.3 Å². The molecule has 9 heteroatoms. The Morgan fingerprint density at radius 3 is 2.87 bits per heavy atom. The van der Waals surface area contributed by atoms with E-state index in [2.05, 4.69) is 5.10 Å². The number of nitrogens with zero attached hydrogens (tertiary/aromatic N) is 4. The van der Waals surface area contributed by atoms with Crippen LogP contribution < -0.4 is 19.6 Å². The number of rotatable bonds is 4. The second kappa shape index (κ2) is 7.19. The van der Waals surface area contributed by atoms with Crippen molar-refractivity contribution >= 4 is 23.4 Å². The molecular weight excluding hydrogens is 416 g/mol. The molecule has 8 nitrogen and oxygen atoms in total. The van der Waals surface area contributed by atoms with Crippen LogP contribution in [0.4, 0.5) is 0 Å². The average Bonchev–Trinajstić information content (AvgIpc) is 3.31. The second-order valence-corrected chi connectivity index (χ2v) is 8.65. The minimum Gasteiger partial charge on any atom is -0.466 e. The molecule has 0 N–H and O–H groups in total. The normalized spacial score (nSPS) is 24.0. The first-order chi connectivity index (χ1) is 14.9. The van der Waals surface area contributed by atoms with Gasteiger partial charge in [-0.15, -0.1) is 0 Å². The second-order valence-electron chi connectivity index (χ2n) is 7.65. The molecule has 0 unspecified atom stereocenters. The van der Waals surface area contributed by atoms with Gasteiger partial charge in [0.2, 0.25) is 5.72 Å².